The van der Waals surface area contributed by atoms with Gasteiger partial charge in [0, 0.05) is 0 Å². The van der Waals surface area contributed by atoms with Crippen LogP contribution < -0.4 is 0 Å². The van der Waals surface area contributed by atoms with E-state index in [0.29, 0.717) is 0 Å². The van der Waals surface area contributed by atoms with Crippen LogP contribution in [0, 0.1) is 6.92 Å². The Morgan fingerprint density at radius 3 is 2.76 bits per heavy atom. The third-order valence-corrected chi connectivity index (χ3v) is 3.48. The molecule has 0 heteroatoms. The molecule has 2 aromatic rings. The summed E-state index contributed by atoms with van der Waals surface area (Å²) in [4.78, 5) is 0. The van der Waals surface area contributed by atoms with Crippen molar-refractivity contribution in [2.45, 2.75) is 19.8 Å². The molecule has 0 spiro atoms. The number of aryl methyl sites for hydroxylation is 2. The fraction of sp³-hybridized carbons (Fsp3) is 0.176. The van der Waals surface area contributed by atoms with Crippen molar-refractivity contribution in [1.29, 1.82) is 0 Å². The Hall–Kier alpha value is -1.82. The first kappa shape index (κ1) is 10.3. The molecule has 0 bridgehead atoms. The minimum absolute atomic E-state index is 1.18. The third-order valence-electron chi connectivity index (χ3n) is 3.48. The topological polar surface area (TPSA) is 0 Å². The van der Waals surface area contributed by atoms with E-state index in [2.05, 4.69) is 61.5 Å². The summed E-state index contributed by atoms with van der Waals surface area (Å²) in [5.41, 5.74) is 6.87. The van der Waals surface area contributed by atoms with Crippen LogP contribution in [0.2, 0.25) is 0 Å². The molecule has 0 nitrogen and oxygen atoms in total. The molecule has 0 radical (unpaired) electrons. The van der Waals surface area contributed by atoms with Gasteiger partial charge in [-0.1, -0.05) is 48.6 Å². The average Bonchev–Trinajstić information content (AvgIpc) is 2.39. The summed E-state index contributed by atoms with van der Waals surface area (Å²) in [6.45, 7) is 2.17. The molecule has 0 fully saturated rings. The molecule has 84 valence electrons. The number of rotatable bonds is 1. The molecule has 17 heavy (non-hydrogen) atoms. The van der Waals surface area contributed by atoms with E-state index in [1.165, 1.54) is 40.7 Å². The van der Waals surface area contributed by atoms with E-state index in [4.69, 9.17) is 0 Å². The van der Waals surface area contributed by atoms with Crippen LogP contribution >= 0.6 is 0 Å². The zero-order valence-electron chi connectivity index (χ0n) is 10.1. The van der Waals surface area contributed by atoms with Crippen molar-refractivity contribution in [3.8, 4) is 11.1 Å². The normalized spacial score (nSPS) is 13.5. The highest BCUT2D eigenvalue weighted by Crippen LogP contribution is 2.28. The minimum atomic E-state index is 1.18. The molecular formula is C17H16. The van der Waals surface area contributed by atoms with Crippen molar-refractivity contribution >= 4 is 6.08 Å². The van der Waals surface area contributed by atoms with Gasteiger partial charge in [-0.2, -0.15) is 0 Å². The van der Waals surface area contributed by atoms with Crippen LogP contribution in [-0.4, -0.2) is 0 Å². The zero-order valence-corrected chi connectivity index (χ0v) is 10.1. The SMILES string of the molecule is Cc1ccccc1-c1ccc2c(c1)C=CCC2. The molecule has 0 N–H and O–H groups in total. The number of hydrogen-bond acceptors (Lipinski definition) is 0. The highest BCUT2D eigenvalue weighted by Gasteiger charge is 2.07. The van der Waals surface area contributed by atoms with Gasteiger partial charge in [0.25, 0.3) is 0 Å². The number of benzene rings is 2. The van der Waals surface area contributed by atoms with Crippen LogP contribution in [0.4, 0.5) is 0 Å². The lowest BCUT2D eigenvalue weighted by Gasteiger charge is -2.13. The molecular weight excluding hydrogens is 204 g/mol. The van der Waals surface area contributed by atoms with Gasteiger partial charge >= 0.3 is 0 Å². The Morgan fingerprint density at radius 2 is 1.88 bits per heavy atom. The maximum atomic E-state index is 2.31. The second-order valence-corrected chi connectivity index (χ2v) is 4.67. The molecule has 0 aliphatic heterocycles. The van der Waals surface area contributed by atoms with Gasteiger partial charge in [0.2, 0.25) is 0 Å². The smallest absolute Gasteiger partial charge is 0.0155 e. The standard InChI is InChI=1S/C17H16/c1-13-6-2-5-9-17(13)16-11-10-14-7-3-4-8-15(14)12-16/h2,4-6,8-12H,3,7H2,1H3. The lowest BCUT2D eigenvalue weighted by atomic mass is 9.92. The summed E-state index contributed by atoms with van der Waals surface area (Å²) in [7, 11) is 0. The monoisotopic (exact) mass is 220 g/mol. The Labute approximate surface area is 103 Å². The molecule has 3 rings (SSSR count). The van der Waals surface area contributed by atoms with Crippen molar-refractivity contribution < 1.29 is 0 Å². The Bertz CT molecular complexity index is 576. The summed E-state index contributed by atoms with van der Waals surface area (Å²) >= 11 is 0. The maximum absolute atomic E-state index is 2.31. The highest BCUT2D eigenvalue weighted by atomic mass is 14.1. The molecule has 0 heterocycles. The quantitative estimate of drug-likeness (QED) is 0.657. The second-order valence-electron chi connectivity index (χ2n) is 4.67. The van der Waals surface area contributed by atoms with Crippen molar-refractivity contribution in [3.05, 3.63) is 65.2 Å². The van der Waals surface area contributed by atoms with E-state index in [-0.39, 0.29) is 0 Å². The summed E-state index contributed by atoms with van der Waals surface area (Å²) in [6.07, 6.45) is 6.88. The minimum Gasteiger partial charge on any atom is -0.0836 e. The van der Waals surface area contributed by atoms with E-state index >= 15 is 0 Å². The largest absolute Gasteiger partial charge is 0.0836 e. The summed E-state index contributed by atoms with van der Waals surface area (Å²) in [5.74, 6) is 0. The summed E-state index contributed by atoms with van der Waals surface area (Å²) < 4.78 is 0. The van der Waals surface area contributed by atoms with Gasteiger partial charge in [-0.05, 0) is 53.6 Å². The van der Waals surface area contributed by atoms with Gasteiger partial charge < -0.3 is 0 Å². The van der Waals surface area contributed by atoms with Crippen LogP contribution in [-0.2, 0) is 6.42 Å². The Morgan fingerprint density at radius 1 is 1.00 bits per heavy atom. The van der Waals surface area contributed by atoms with Crippen molar-refractivity contribution in [1.82, 2.24) is 0 Å². The average molecular weight is 220 g/mol. The summed E-state index contributed by atoms with van der Waals surface area (Å²) in [6, 6.07) is 15.4. The van der Waals surface area contributed by atoms with Crippen LogP contribution in [0.3, 0.4) is 0 Å². The predicted octanol–water partition coefficient (Wildman–Crippen LogP) is 4.62. The molecule has 0 aromatic heterocycles. The zero-order chi connectivity index (χ0) is 11.7. The second kappa shape index (κ2) is 4.21. The van der Waals surface area contributed by atoms with Crippen LogP contribution in [0.5, 0.6) is 0 Å². The van der Waals surface area contributed by atoms with Crippen LogP contribution in [0.1, 0.15) is 23.1 Å². The Kier molecular flexibility index (Phi) is 2.56. The third kappa shape index (κ3) is 1.91. The van der Waals surface area contributed by atoms with Gasteiger partial charge in [0.1, 0.15) is 0 Å². The first-order chi connectivity index (χ1) is 8.34. The molecule has 0 atom stereocenters. The molecule has 1 aliphatic carbocycles. The van der Waals surface area contributed by atoms with Crippen molar-refractivity contribution in [3.63, 3.8) is 0 Å². The van der Waals surface area contributed by atoms with E-state index < -0.39 is 0 Å². The van der Waals surface area contributed by atoms with Crippen molar-refractivity contribution in [2.24, 2.45) is 0 Å². The van der Waals surface area contributed by atoms with Crippen LogP contribution in [0.25, 0.3) is 17.2 Å². The first-order valence-electron chi connectivity index (χ1n) is 6.20. The molecule has 0 unspecified atom stereocenters. The van der Waals surface area contributed by atoms with E-state index in [0.717, 1.165) is 0 Å². The molecule has 0 saturated carbocycles. The van der Waals surface area contributed by atoms with Gasteiger partial charge in [-0.15, -0.1) is 0 Å². The molecule has 1 aliphatic rings. The Balaban J connectivity index is 2.12. The van der Waals surface area contributed by atoms with Gasteiger partial charge in [-0.25, -0.2) is 0 Å². The fourth-order valence-electron chi connectivity index (χ4n) is 2.49. The molecule has 0 amide bonds. The number of fused-ring (bicyclic) bond motifs is 1. The summed E-state index contributed by atoms with van der Waals surface area (Å²) in [5, 5.41) is 0. The van der Waals surface area contributed by atoms with E-state index in [1.54, 1.807) is 0 Å². The van der Waals surface area contributed by atoms with Crippen molar-refractivity contribution in [2.75, 3.05) is 0 Å². The van der Waals surface area contributed by atoms with Gasteiger partial charge in [0.15, 0.2) is 0 Å². The number of allylic oxidation sites excluding steroid dienone is 1. The lowest BCUT2D eigenvalue weighted by Crippen LogP contribution is -1.94. The highest BCUT2D eigenvalue weighted by molar-refractivity contribution is 5.72. The van der Waals surface area contributed by atoms with Gasteiger partial charge in [-0.3, -0.25) is 0 Å². The lowest BCUT2D eigenvalue weighted by molar-refractivity contribution is 0.986. The molecule has 2 aromatic carbocycles. The van der Waals surface area contributed by atoms with E-state index in [1.807, 2.05) is 0 Å². The van der Waals surface area contributed by atoms with Gasteiger partial charge in [0.05, 0.1) is 0 Å². The van der Waals surface area contributed by atoms with Crippen LogP contribution in [0.15, 0.2) is 48.5 Å². The number of hydrogen-bond donors (Lipinski definition) is 0. The predicted molar refractivity (Wildman–Crippen MR) is 74.0 cm³/mol. The van der Waals surface area contributed by atoms with E-state index in [9.17, 15) is 0 Å². The molecule has 0 saturated heterocycles. The fourth-order valence-corrected chi connectivity index (χ4v) is 2.49. The maximum Gasteiger partial charge on any atom is -0.0155 e. The first-order valence-corrected chi connectivity index (χ1v) is 6.20.